The summed E-state index contributed by atoms with van der Waals surface area (Å²) in [6.45, 7) is 4.01. The Morgan fingerprint density at radius 1 is 1.18 bits per heavy atom. The highest BCUT2D eigenvalue weighted by Crippen LogP contribution is 2.15. The fraction of sp³-hybridized carbons (Fsp3) is 0.667. The second-order valence-electron chi connectivity index (χ2n) is 5.67. The minimum atomic E-state index is -0.947. The predicted molar refractivity (Wildman–Crippen MR) is 87.4 cm³/mol. The first kappa shape index (κ1) is 20.5. The van der Waals surface area contributed by atoms with E-state index in [4.69, 9.17) is 16.3 Å². The number of aliphatic hydroxyl groups excluding tert-OH is 3. The van der Waals surface area contributed by atoms with Crippen LogP contribution in [0.15, 0.2) is 11.8 Å². The first-order chi connectivity index (χ1) is 10.5. The van der Waals surface area contributed by atoms with E-state index in [2.05, 4.69) is 31.6 Å². The molecular formula is C18H28O4. The summed E-state index contributed by atoms with van der Waals surface area (Å²) in [5.74, 6) is 8.17. The van der Waals surface area contributed by atoms with Crippen molar-refractivity contribution < 1.29 is 20.1 Å². The number of allylic oxidation sites excluding steroid dienone is 1. The Morgan fingerprint density at radius 2 is 1.86 bits per heavy atom. The molecule has 3 N–H and O–H groups in total. The number of ether oxygens (including phenoxy) is 1. The van der Waals surface area contributed by atoms with Crippen molar-refractivity contribution >= 4 is 0 Å². The third-order valence-corrected chi connectivity index (χ3v) is 3.05. The number of hydrogen-bond donors (Lipinski definition) is 3. The Balaban J connectivity index is 4.23. The molecule has 0 aliphatic rings. The largest absolute Gasteiger partial charge is 0.469 e. The third-order valence-electron chi connectivity index (χ3n) is 3.05. The van der Waals surface area contributed by atoms with Crippen molar-refractivity contribution in [2.45, 2.75) is 64.8 Å². The fourth-order valence-electron chi connectivity index (χ4n) is 1.88. The van der Waals surface area contributed by atoms with Crippen LogP contribution in [0.1, 0.15) is 52.4 Å². The smallest absolute Gasteiger partial charge is 0.196 e. The summed E-state index contributed by atoms with van der Waals surface area (Å²) in [4.78, 5) is 0. The van der Waals surface area contributed by atoms with E-state index in [9.17, 15) is 10.2 Å². The van der Waals surface area contributed by atoms with Crippen LogP contribution in [0.3, 0.4) is 0 Å². The quantitative estimate of drug-likeness (QED) is 0.237. The molecule has 0 bridgehead atoms. The minimum absolute atomic E-state index is 0.0835. The summed E-state index contributed by atoms with van der Waals surface area (Å²) in [7, 11) is 0. The molecule has 0 saturated heterocycles. The predicted octanol–water partition coefficient (Wildman–Crippen LogP) is 2.19. The van der Waals surface area contributed by atoms with Crippen molar-refractivity contribution in [1.82, 2.24) is 0 Å². The number of terminal acetylenes is 1. The van der Waals surface area contributed by atoms with Gasteiger partial charge in [0.25, 0.3) is 0 Å². The molecule has 4 nitrogen and oxygen atoms in total. The van der Waals surface area contributed by atoms with Crippen LogP contribution >= 0.6 is 0 Å². The summed E-state index contributed by atoms with van der Waals surface area (Å²) in [5.41, 5.74) is 0. The van der Waals surface area contributed by atoms with Crippen LogP contribution in [0.4, 0.5) is 0 Å². The molecule has 0 aromatic carbocycles. The third kappa shape index (κ3) is 12.3. The summed E-state index contributed by atoms with van der Waals surface area (Å²) in [6, 6.07) is 0. The summed E-state index contributed by atoms with van der Waals surface area (Å²) in [5, 5.41) is 28.2. The average Bonchev–Trinajstić information content (AvgIpc) is 2.46. The van der Waals surface area contributed by atoms with Gasteiger partial charge in [0, 0.05) is 18.9 Å². The molecule has 22 heavy (non-hydrogen) atoms. The van der Waals surface area contributed by atoms with Gasteiger partial charge in [0.15, 0.2) is 6.29 Å². The molecule has 0 aromatic heterocycles. The highest BCUT2D eigenvalue weighted by atomic mass is 16.6. The van der Waals surface area contributed by atoms with Gasteiger partial charge >= 0.3 is 0 Å². The zero-order valence-corrected chi connectivity index (χ0v) is 13.6. The normalized spacial score (nSPS) is 14.0. The van der Waals surface area contributed by atoms with E-state index in [0.717, 1.165) is 19.3 Å². The molecule has 0 aliphatic heterocycles. The molecule has 0 unspecified atom stereocenters. The molecule has 2 atom stereocenters. The zero-order valence-electron chi connectivity index (χ0n) is 13.6. The van der Waals surface area contributed by atoms with Crippen molar-refractivity contribution in [3.05, 3.63) is 11.8 Å². The van der Waals surface area contributed by atoms with Crippen molar-refractivity contribution in [3.63, 3.8) is 0 Å². The van der Waals surface area contributed by atoms with Gasteiger partial charge in [0.05, 0.1) is 12.7 Å². The Hall–Kier alpha value is -1.46. The molecule has 0 amide bonds. The van der Waals surface area contributed by atoms with E-state index in [-0.39, 0.29) is 13.0 Å². The number of rotatable bonds is 11. The fourth-order valence-corrected chi connectivity index (χ4v) is 1.88. The Kier molecular flexibility index (Phi) is 12.3. The van der Waals surface area contributed by atoms with Gasteiger partial charge in [-0.25, -0.2) is 0 Å². The van der Waals surface area contributed by atoms with Crippen LogP contribution in [-0.4, -0.2) is 34.3 Å². The maximum absolute atomic E-state index is 9.87. The Labute approximate surface area is 134 Å². The molecule has 0 aromatic rings. The second-order valence-corrected chi connectivity index (χ2v) is 5.67. The molecule has 0 radical (unpaired) electrons. The van der Waals surface area contributed by atoms with Gasteiger partial charge < -0.3 is 20.1 Å². The topological polar surface area (TPSA) is 69.9 Å². The van der Waals surface area contributed by atoms with Gasteiger partial charge in [-0.15, -0.1) is 6.42 Å². The zero-order chi connectivity index (χ0) is 16.8. The molecule has 4 heteroatoms. The number of hydrogen-bond acceptors (Lipinski definition) is 4. The van der Waals surface area contributed by atoms with Crippen molar-refractivity contribution in [2.75, 3.05) is 6.61 Å². The van der Waals surface area contributed by atoms with Gasteiger partial charge in [-0.1, -0.05) is 39.0 Å². The lowest BCUT2D eigenvalue weighted by atomic mass is 10.0. The van der Waals surface area contributed by atoms with E-state index in [1.807, 2.05) is 0 Å². The van der Waals surface area contributed by atoms with Crippen LogP contribution in [0, 0.1) is 30.1 Å². The molecule has 0 saturated carbocycles. The molecule has 0 aliphatic carbocycles. The first-order valence-corrected chi connectivity index (χ1v) is 7.78. The monoisotopic (exact) mass is 308 g/mol. The maximum atomic E-state index is 9.87. The average molecular weight is 308 g/mol. The molecule has 0 heterocycles. The van der Waals surface area contributed by atoms with Gasteiger partial charge in [-0.05, 0) is 24.2 Å². The van der Waals surface area contributed by atoms with Gasteiger partial charge in [-0.3, -0.25) is 0 Å². The van der Waals surface area contributed by atoms with Crippen LogP contribution < -0.4 is 0 Å². The van der Waals surface area contributed by atoms with Gasteiger partial charge in [-0.2, -0.15) is 0 Å². The lowest BCUT2D eigenvalue weighted by Crippen LogP contribution is -2.18. The van der Waals surface area contributed by atoms with E-state index < -0.39 is 12.4 Å². The van der Waals surface area contributed by atoms with Crippen molar-refractivity contribution in [1.29, 1.82) is 0 Å². The molecule has 0 spiro atoms. The lowest BCUT2D eigenvalue weighted by molar-refractivity contribution is -0.0782. The van der Waals surface area contributed by atoms with Gasteiger partial charge in [0.2, 0.25) is 0 Å². The second kappa shape index (κ2) is 13.2. The molecule has 0 fully saturated rings. The summed E-state index contributed by atoms with van der Waals surface area (Å²) < 4.78 is 5.37. The van der Waals surface area contributed by atoms with E-state index in [1.165, 1.54) is 12.5 Å². The van der Waals surface area contributed by atoms with Crippen LogP contribution in [-0.2, 0) is 4.74 Å². The van der Waals surface area contributed by atoms with Crippen LogP contribution in [0.25, 0.3) is 0 Å². The summed E-state index contributed by atoms with van der Waals surface area (Å²) in [6.07, 6.45) is 9.41. The van der Waals surface area contributed by atoms with Crippen LogP contribution in [0.2, 0.25) is 0 Å². The van der Waals surface area contributed by atoms with Gasteiger partial charge in [0.1, 0.15) is 5.76 Å². The standard InChI is InChI=1S/C18H28O4/c1-4-5-7-11-17(13-16(20)14-19)22-18(21)12-9-6-8-10-15(2)3/h1,11,15-16,18-21H,6,8-10,12-14H2,2-3H3/b17-11-/t16-,18-/m0/s1. The van der Waals surface area contributed by atoms with E-state index in [1.54, 1.807) is 0 Å². The lowest BCUT2D eigenvalue weighted by Gasteiger charge is -2.17. The highest BCUT2D eigenvalue weighted by molar-refractivity contribution is 5.29. The van der Waals surface area contributed by atoms with Crippen molar-refractivity contribution in [2.24, 2.45) is 5.92 Å². The Morgan fingerprint density at radius 3 is 2.45 bits per heavy atom. The maximum Gasteiger partial charge on any atom is 0.196 e. The van der Waals surface area contributed by atoms with Crippen LogP contribution in [0.5, 0.6) is 0 Å². The van der Waals surface area contributed by atoms with E-state index >= 15 is 0 Å². The van der Waals surface area contributed by atoms with E-state index in [0.29, 0.717) is 18.1 Å². The molecule has 0 rings (SSSR count). The molecule has 124 valence electrons. The summed E-state index contributed by atoms with van der Waals surface area (Å²) >= 11 is 0. The minimum Gasteiger partial charge on any atom is -0.469 e. The molecular weight excluding hydrogens is 280 g/mol. The highest BCUT2D eigenvalue weighted by Gasteiger charge is 2.12. The SMILES string of the molecule is C#CC#C/C=C(/C[C@H](O)CO)O[C@H](O)CCCCCC(C)C. The Bertz CT molecular complexity index is 409. The number of unbranched alkanes of at least 4 members (excludes halogenated alkanes) is 2. The van der Waals surface area contributed by atoms with Crippen molar-refractivity contribution in [3.8, 4) is 24.2 Å². The number of aliphatic hydroxyl groups is 3. The first-order valence-electron chi connectivity index (χ1n) is 7.78.